The molecule has 1 spiro atoms. The highest BCUT2D eigenvalue weighted by atomic mass is 16.5. The minimum Gasteiger partial charge on any atom is -0.381 e. The quantitative estimate of drug-likeness (QED) is 0.825. The molecule has 0 aromatic carbocycles. The molecule has 3 aliphatic rings. The molecule has 4 rings (SSSR count). The number of rotatable bonds is 3. The molecule has 3 saturated heterocycles. The normalized spacial score (nSPS) is 26.7. The van der Waals surface area contributed by atoms with Crippen molar-refractivity contribution in [2.24, 2.45) is 0 Å². The lowest BCUT2D eigenvalue weighted by Crippen LogP contribution is -2.75. The molecule has 1 aromatic heterocycles. The van der Waals surface area contributed by atoms with Crippen molar-refractivity contribution < 1.29 is 14.3 Å². The lowest BCUT2D eigenvalue weighted by Gasteiger charge is -2.63. The average Bonchev–Trinajstić information content (AvgIpc) is 2.68. The summed E-state index contributed by atoms with van der Waals surface area (Å²) >= 11 is 0. The maximum absolute atomic E-state index is 12.8. The van der Waals surface area contributed by atoms with Gasteiger partial charge in [0.15, 0.2) is 0 Å². The Kier molecular flexibility index (Phi) is 4.99. The Labute approximate surface area is 155 Å². The number of methoxy groups -OCH3 is 1. The van der Waals surface area contributed by atoms with Crippen molar-refractivity contribution in [3.63, 3.8) is 0 Å². The molecule has 6 heteroatoms. The molecule has 0 radical (unpaired) electrons. The van der Waals surface area contributed by atoms with Crippen LogP contribution in [0.5, 0.6) is 0 Å². The minimum atomic E-state index is 0.119. The van der Waals surface area contributed by atoms with E-state index in [-0.39, 0.29) is 11.4 Å². The van der Waals surface area contributed by atoms with Gasteiger partial charge in [-0.15, -0.1) is 0 Å². The van der Waals surface area contributed by atoms with E-state index in [1.807, 2.05) is 25.0 Å². The van der Waals surface area contributed by atoms with E-state index in [2.05, 4.69) is 9.88 Å². The maximum Gasteiger partial charge on any atom is 0.255 e. The largest absolute Gasteiger partial charge is 0.381 e. The summed E-state index contributed by atoms with van der Waals surface area (Å²) in [6.07, 6.45) is 7.93. The van der Waals surface area contributed by atoms with E-state index < -0.39 is 0 Å². The lowest BCUT2D eigenvalue weighted by atomic mass is 9.73. The fraction of sp³-hybridized carbons (Fsp3) is 0.700. The lowest BCUT2D eigenvalue weighted by molar-refractivity contribution is -0.207. The molecule has 0 saturated carbocycles. The van der Waals surface area contributed by atoms with E-state index in [1.165, 1.54) is 0 Å². The molecule has 0 N–H and O–H groups in total. The van der Waals surface area contributed by atoms with E-state index in [9.17, 15) is 4.79 Å². The van der Waals surface area contributed by atoms with Crippen LogP contribution in [-0.4, -0.2) is 78.3 Å². The van der Waals surface area contributed by atoms with E-state index in [0.29, 0.717) is 12.1 Å². The monoisotopic (exact) mass is 359 g/mol. The Morgan fingerprint density at radius 1 is 1.31 bits per heavy atom. The van der Waals surface area contributed by atoms with Gasteiger partial charge in [0.25, 0.3) is 5.91 Å². The van der Waals surface area contributed by atoms with Crippen LogP contribution in [0.25, 0.3) is 0 Å². The summed E-state index contributed by atoms with van der Waals surface area (Å²) in [5.41, 5.74) is 1.89. The van der Waals surface area contributed by atoms with Crippen LogP contribution in [0.15, 0.2) is 18.5 Å². The Morgan fingerprint density at radius 3 is 2.69 bits per heavy atom. The van der Waals surface area contributed by atoms with Gasteiger partial charge in [-0.3, -0.25) is 14.7 Å². The third kappa shape index (κ3) is 2.94. The van der Waals surface area contributed by atoms with E-state index in [1.54, 1.807) is 12.4 Å². The second-order valence-electron chi connectivity index (χ2n) is 7.81. The summed E-state index contributed by atoms with van der Waals surface area (Å²) < 4.78 is 11.4. The molecule has 4 heterocycles. The number of carbonyl (C=O) groups is 1. The fourth-order valence-electron chi connectivity index (χ4n) is 4.98. The van der Waals surface area contributed by atoms with Crippen molar-refractivity contribution in [3.05, 3.63) is 29.6 Å². The summed E-state index contributed by atoms with van der Waals surface area (Å²) in [5, 5.41) is 0. The van der Waals surface area contributed by atoms with Crippen LogP contribution in [0.1, 0.15) is 41.6 Å². The van der Waals surface area contributed by atoms with Gasteiger partial charge in [-0.05, 0) is 44.2 Å². The summed E-state index contributed by atoms with van der Waals surface area (Å²) in [7, 11) is 1.83. The second kappa shape index (κ2) is 7.25. The van der Waals surface area contributed by atoms with Gasteiger partial charge in [-0.1, -0.05) is 0 Å². The summed E-state index contributed by atoms with van der Waals surface area (Å²) in [5.74, 6) is 0.119. The zero-order valence-corrected chi connectivity index (χ0v) is 15.8. The highest BCUT2D eigenvalue weighted by molar-refractivity contribution is 5.95. The number of pyridine rings is 1. The molecular weight excluding hydrogens is 330 g/mol. The van der Waals surface area contributed by atoms with Crippen LogP contribution >= 0.6 is 0 Å². The van der Waals surface area contributed by atoms with Crippen LogP contribution in [-0.2, 0) is 9.47 Å². The van der Waals surface area contributed by atoms with Crippen LogP contribution in [0, 0.1) is 6.92 Å². The predicted octanol–water partition coefficient (Wildman–Crippen LogP) is 1.87. The fourth-order valence-corrected chi connectivity index (χ4v) is 4.98. The summed E-state index contributed by atoms with van der Waals surface area (Å²) in [6, 6.07) is 2.44. The van der Waals surface area contributed by atoms with Crippen LogP contribution in [0.3, 0.4) is 0 Å². The molecule has 1 amide bonds. The third-order valence-corrected chi connectivity index (χ3v) is 6.64. The predicted molar refractivity (Wildman–Crippen MR) is 98.2 cm³/mol. The first-order chi connectivity index (χ1) is 12.7. The molecular formula is C20H29N3O3. The van der Waals surface area contributed by atoms with E-state index in [0.717, 1.165) is 69.7 Å². The Balaban J connectivity index is 1.39. The minimum absolute atomic E-state index is 0.119. The van der Waals surface area contributed by atoms with Crippen molar-refractivity contribution in [1.82, 2.24) is 14.8 Å². The number of amides is 1. The molecule has 26 heavy (non-hydrogen) atoms. The number of likely N-dealkylation sites (tertiary alicyclic amines) is 2. The number of ether oxygens (including phenoxy) is 2. The van der Waals surface area contributed by atoms with Crippen LogP contribution in [0.4, 0.5) is 0 Å². The molecule has 1 unspecified atom stereocenters. The molecule has 0 aliphatic carbocycles. The second-order valence-corrected chi connectivity index (χ2v) is 7.81. The van der Waals surface area contributed by atoms with Gasteiger partial charge in [0.2, 0.25) is 0 Å². The molecule has 0 bridgehead atoms. The first-order valence-corrected chi connectivity index (χ1v) is 9.73. The SMILES string of the molecule is COC1CN(C2CCN(C(=O)c3cnccc3C)CC2)C12CCOCC2. The van der Waals surface area contributed by atoms with Crippen molar-refractivity contribution in [2.45, 2.75) is 50.3 Å². The van der Waals surface area contributed by atoms with Crippen LogP contribution < -0.4 is 0 Å². The van der Waals surface area contributed by atoms with Crippen LogP contribution in [0.2, 0.25) is 0 Å². The number of aromatic nitrogens is 1. The molecule has 3 fully saturated rings. The van der Waals surface area contributed by atoms with Gasteiger partial charge in [0.05, 0.1) is 17.2 Å². The van der Waals surface area contributed by atoms with Crippen molar-refractivity contribution in [3.8, 4) is 0 Å². The highest BCUT2D eigenvalue weighted by Gasteiger charge is 2.56. The van der Waals surface area contributed by atoms with Crippen molar-refractivity contribution in [2.75, 3.05) is 40.0 Å². The molecule has 6 nitrogen and oxygen atoms in total. The smallest absolute Gasteiger partial charge is 0.255 e. The summed E-state index contributed by atoms with van der Waals surface area (Å²) in [4.78, 5) is 21.6. The zero-order chi connectivity index (χ0) is 18.1. The van der Waals surface area contributed by atoms with Gasteiger partial charge in [-0.25, -0.2) is 0 Å². The third-order valence-electron chi connectivity index (χ3n) is 6.64. The molecule has 142 valence electrons. The standard InChI is InChI=1S/C20H29N3O3/c1-15-3-8-21-13-17(15)19(24)22-9-4-16(5-10-22)23-14-18(25-2)20(23)6-11-26-12-7-20/h3,8,13,16,18H,4-7,9-12,14H2,1-2H3. The van der Waals surface area contributed by atoms with Gasteiger partial charge < -0.3 is 14.4 Å². The molecule has 1 aromatic rings. The number of piperidine rings is 1. The van der Waals surface area contributed by atoms with Crippen molar-refractivity contribution >= 4 is 5.91 Å². The Hall–Kier alpha value is -1.50. The van der Waals surface area contributed by atoms with Gasteiger partial charge in [0.1, 0.15) is 0 Å². The number of nitrogens with zero attached hydrogens (tertiary/aromatic N) is 3. The van der Waals surface area contributed by atoms with Crippen molar-refractivity contribution in [1.29, 1.82) is 0 Å². The molecule has 3 aliphatic heterocycles. The topological polar surface area (TPSA) is 54.9 Å². The van der Waals surface area contributed by atoms with Gasteiger partial charge in [-0.2, -0.15) is 0 Å². The van der Waals surface area contributed by atoms with E-state index in [4.69, 9.17) is 9.47 Å². The Bertz CT molecular complexity index is 651. The van der Waals surface area contributed by atoms with Gasteiger partial charge >= 0.3 is 0 Å². The maximum atomic E-state index is 12.8. The Morgan fingerprint density at radius 2 is 2.04 bits per heavy atom. The number of hydrogen-bond acceptors (Lipinski definition) is 5. The number of carbonyl (C=O) groups excluding carboxylic acids is 1. The van der Waals surface area contributed by atoms with E-state index >= 15 is 0 Å². The average molecular weight is 359 g/mol. The first kappa shape index (κ1) is 17.9. The first-order valence-electron chi connectivity index (χ1n) is 9.73. The molecule has 1 atom stereocenters. The number of hydrogen-bond donors (Lipinski definition) is 0. The number of aryl methyl sites for hydroxylation is 1. The van der Waals surface area contributed by atoms with Gasteiger partial charge in [0, 0.05) is 58.4 Å². The highest BCUT2D eigenvalue weighted by Crippen LogP contribution is 2.44. The summed E-state index contributed by atoms with van der Waals surface area (Å²) in [6.45, 7) is 6.28. The zero-order valence-electron chi connectivity index (χ0n) is 15.8.